The van der Waals surface area contributed by atoms with Crippen LogP contribution in [0.3, 0.4) is 0 Å². The Labute approximate surface area is 184 Å². The fourth-order valence-corrected chi connectivity index (χ4v) is 4.51. The molecule has 164 valence electrons. The molecule has 0 saturated carbocycles. The van der Waals surface area contributed by atoms with E-state index in [9.17, 15) is 9.59 Å². The maximum absolute atomic E-state index is 13.3. The third-order valence-corrected chi connectivity index (χ3v) is 6.24. The van der Waals surface area contributed by atoms with Crippen LogP contribution in [0.25, 0.3) is 0 Å². The van der Waals surface area contributed by atoms with Crippen LogP contribution < -0.4 is 5.32 Å². The second-order valence-electron chi connectivity index (χ2n) is 8.42. The molecular weight excluding hydrogens is 388 g/mol. The minimum absolute atomic E-state index is 0.0183. The number of piperidine rings is 1. The van der Waals surface area contributed by atoms with Crippen LogP contribution in [-0.2, 0) is 9.59 Å². The second-order valence-corrected chi connectivity index (χ2v) is 8.42. The van der Waals surface area contributed by atoms with Gasteiger partial charge in [0.15, 0.2) is 0 Å². The predicted molar refractivity (Wildman–Crippen MR) is 123 cm³/mol. The van der Waals surface area contributed by atoms with Crippen molar-refractivity contribution in [1.82, 2.24) is 14.7 Å². The van der Waals surface area contributed by atoms with E-state index in [4.69, 9.17) is 0 Å². The van der Waals surface area contributed by atoms with E-state index in [1.807, 2.05) is 65.6 Å². The molecule has 6 nitrogen and oxygen atoms in total. The van der Waals surface area contributed by atoms with Gasteiger partial charge in [0.1, 0.15) is 6.04 Å². The third kappa shape index (κ3) is 5.71. The smallest absolute Gasteiger partial charge is 0.246 e. The molecule has 0 spiro atoms. The van der Waals surface area contributed by atoms with Gasteiger partial charge >= 0.3 is 0 Å². The number of nitrogens with one attached hydrogen (secondary N) is 1. The lowest BCUT2D eigenvalue weighted by Crippen LogP contribution is -2.52. The van der Waals surface area contributed by atoms with Gasteiger partial charge in [-0.2, -0.15) is 0 Å². The molecule has 0 aromatic heterocycles. The lowest BCUT2D eigenvalue weighted by molar-refractivity contribution is -0.134. The van der Waals surface area contributed by atoms with Gasteiger partial charge in [-0.3, -0.25) is 19.4 Å². The number of piperazine rings is 1. The van der Waals surface area contributed by atoms with Crippen molar-refractivity contribution >= 4 is 17.5 Å². The first-order valence-electron chi connectivity index (χ1n) is 11.4. The molecule has 2 fully saturated rings. The van der Waals surface area contributed by atoms with Crippen LogP contribution in [0.1, 0.15) is 30.9 Å². The van der Waals surface area contributed by atoms with Gasteiger partial charge < -0.3 is 10.2 Å². The third-order valence-electron chi connectivity index (χ3n) is 6.24. The number of likely N-dealkylation sites (tertiary alicyclic amines) is 1. The van der Waals surface area contributed by atoms with E-state index in [-0.39, 0.29) is 17.9 Å². The highest BCUT2D eigenvalue weighted by Crippen LogP contribution is 2.24. The molecule has 2 aliphatic rings. The summed E-state index contributed by atoms with van der Waals surface area (Å²) in [6, 6.07) is 19.2. The number of nitrogens with zero attached hydrogens (tertiary/aromatic N) is 3. The Balaban J connectivity index is 1.39. The van der Waals surface area contributed by atoms with Crippen LogP contribution in [0.2, 0.25) is 0 Å². The zero-order valence-corrected chi connectivity index (χ0v) is 18.1. The molecular formula is C25H32N4O2. The maximum atomic E-state index is 13.3. The number of hydrogen-bond acceptors (Lipinski definition) is 4. The highest BCUT2D eigenvalue weighted by atomic mass is 16.2. The van der Waals surface area contributed by atoms with E-state index >= 15 is 0 Å². The van der Waals surface area contributed by atoms with E-state index in [1.54, 1.807) is 0 Å². The zero-order valence-electron chi connectivity index (χ0n) is 18.1. The van der Waals surface area contributed by atoms with Gasteiger partial charge in [0.05, 0.1) is 6.54 Å². The summed E-state index contributed by atoms with van der Waals surface area (Å²) >= 11 is 0. The standard InChI is InChI=1S/C25H32N4O2/c30-23(28-14-8-3-9-15-28)20-27-16-18-29(19-17-27)24(21-10-4-1-5-11-21)25(31)26-22-12-6-2-7-13-22/h1-2,4-7,10-13,24H,3,8-9,14-20H2,(H,26,31). The van der Waals surface area contributed by atoms with Gasteiger partial charge in [0.25, 0.3) is 0 Å². The highest BCUT2D eigenvalue weighted by Gasteiger charge is 2.31. The number of rotatable bonds is 6. The average Bonchev–Trinajstić information content (AvgIpc) is 2.82. The van der Waals surface area contributed by atoms with Crippen LogP contribution in [-0.4, -0.2) is 72.3 Å². The van der Waals surface area contributed by atoms with Crippen LogP contribution in [0.5, 0.6) is 0 Å². The molecule has 31 heavy (non-hydrogen) atoms. The molecule has 2 amide bonds. The molecule has 2 aliphatic heterocycles. The first kappa shape index (κ1) is 21.5. The first-order chi connectivity index (χ1) is 15.2. The summed E-state index contributed by atoms with van der Waals surface area (Å²) in [5.74, 6) is 0.227. The van der Waals surface area contributed by atoms with Crippen LogP contribution in [0, 0.1) is 0 Å². The minimum atomic E-state index is -0.346. The van der Waals surface area contributed by atoms with Crippen LogP contribution >= 0.6 is 0 Å². The number of para-hydroxylation sites is 1. The van der Waals surface area contributed by atoms with E-state index in [2.05, 4.69) is 15.1 Å². The minimum Gasteiger partial charge on any atom is -0.342 e. The number of anilines is 1. The predicted octanol–water partition coefficient (Wildman–Crippen LogP) is 3.00. The highest BCUT2D eigenvalue weighted by molar-refractivity contribution is 5.95. The Morgan fingerprint density at radius 1 is 0.774 bits per heavy atom. The normalized spacial score (nSPS) is 19.0. The van der Waals surface area contributed by atoms with Crippen molar-refractivity contribution in [2.45, 2.75) is 25.3 Å². The van der Waals surface area contributed by atoms with Crippen molar-refractivity contribution in [3.05, 3.63) is 66.2 Å². The van der Waals surface area contributed by atoms with Gasteiger partial charge in [0.2, 0.25) is 11.8 Å². The maximum Gasteiger partial charge on any atom is 0.246 e. The monoisotopic (exact) mass is 420 g/mol. The summed E-state index contributed by atoms with van der Waals surface area (Å²) in [5.41, 5.74) is 1.80. The summed E-state index contributed by atoms with van der Waals surface area (Å²) in [4.78, 5) is 32.3. The fraction of sp³-hybridized carbons (Fsp3) is 0.440. The Morgan fingerprint density at radius 3 is 2.03 bits per heavy atom. The van der Waals surface area contributed by atoms with Crippen molar-refractivity contribution in [3.63, 3.8) is 0 Å². The molecule has 1 N–H and O–H groups in total. The molecule has 4 rings (SSSR count). The second kappa shape index (κ2) is 10.6. The molecule has 2 saturated heterocycles. The molecule has 1 atom stereocenters. The summed E-state index contributed by atoms with van der Waals surface area (Å²) in [6.45, 7) is 5.39. The van der Waals surface area contributed by atoms with Gasteiger partial charge in [-0.05, 0) is 37.0 Å². The number of hydrogen-bond donors (Lipinski definition) is 1. The lowest BCUT2D eigenvalue weighted by atomic mass is 10.0. The molecule has 6 heteroatoms. The van der Waals surface area contributed by atoms with Crippen molar-refractivity contribution in [2.24, 2.45) is 0 Å². The Hall–Kier alpha value is -2.70. The number of carbonyl (C=O) groups is 2. The lowest BCUT2D eigenvalue weighted by Gasteiger charge is -2.39. The van der Waals surface area contributed by atoms with Crippen molar-refractivity contribution < 1.29 is 9.59 Å². The SMILES string of the molecule is O=C(Nc1ccccc1)C(c1ccccc1)N1CCN(CC(=O)N2CCCCC2)CC1. The Morgan fingerprint density at radius 2 is 1.39 bits per heavy atom. The molecule has 1 unspecified atom stereocenters. The Kier molecular flexibility index (Phi) is 7.33. The average molecular weight is 421 g/mol. The Bertz CT molecular complexity index is 844. The summed E-state index contributed by atoms with van der Waals surface area (Å²) in [6.07, 6.45) is 3.47. The molecule has 2 aromatic carbocycles. The fourth-order valence-electron chi connectivity index (χ4n) is 4.51. The number of carbonyl (C=O) groups excluding carboxylic acids is 2. The van der Waals surface area contributed by atoms with Gasteiger partial charge in [-0.25, -0.2) is 0 Å². The molecule has 0 bridgehead atoms. The van der Waals surface area contributed by atoms with Crippen molar-refractivity contribution in [1.29, 1.82) is 0 Å². The molecule has 2 aromatic rings. The topological polar surface area (TPSA) is 55.9 Å². The quantitative estimate of drug-likeness (QED) is 0.781. The van der Waals surface area contributed by atoms with Gasteiger partial charge in [-0.1, -0.05) is 48.5 Å². The zero-order chi connectivity index (χ0) is 21.5. The van der Waals surface area contributed by atoms with E-state index < -0.39 is 0 Å². The van der Waals surface area contributed by atoms with Crippen LogP contribution in [0.15, 0.2) is 60.7 Å². The summed E-state index contributed by atoms with van der Waals surface area (Å²) in [7, 11) is 0. The summed E-state index contributed by atoms with van der Waals surface area (Å²) < 4.78 is 0. The van der Waals surface area contributed by atoms with Gasteiger partial charge in [0, 0.05) is 45.0 Å². The number of amides is 2. The molecule has 0 radical (unpaired) electrons. The first-order valence-corrected chi connectivity index (χ1v) is 11.4. The molecule has 2 heterocycles. The van der Waals surface area contributed by atoms with Crippen LogP contribution in [0.4, 0.5) is 5.69 Å². The largest absolute Gasteiger partial charge is 0.342 e. The van der Waals surface area contributed by atoms with Gasteiger partial charge in [-0.15, -0.1) is 0 Å². The van der Waals surface area contributed by atoms with Crippen molar-refractivity contribution in [2.75, 3.05) is 51.1 Å². The van der Waals surface area contributed by atoms with Crippen molar-refractivity contribution in [3.8, 4) is 0 Å². The summed E-state index contributed by atoms with van der Waals surface area (Å²) in [5, 5.41) is 3.07. The molecule has 0 aliphatic carbocycles. The van der Waals surface area contributed by atoms with E-state index in [0.29, 0.717) is 6.54 Å². The van der Waals surface area contributed by atoms with E-state index in [1.165, 1.54) is 6.42 Å². The van der Waals surface area contributed by atoms with E-state index in [0.717, 1.165) is 63.4 Å². The number of benzene rings is 2.